The van der Waals surface area contributed by atoms with Crippen molar-refractivity contribution in [2.75, 3.05) is 31.5 Å². The zero-order valence-electron chi connectivity index (χ0n) is 11.7. The normalized spacial score (nSPS) is 17.0. The van der Waals surface area contributed by atoms with Crippen LogP contribution in [-0.2, 0) is 4.79 Å². The molecule has 110 valence electrons. The van der Waals surface area contributed by atoms with Crippen LogP contribution in [0, 0.1) is 0 Å². The highest BCUT2D eigenvalue weighted by Crippen LogP contribution is 2.27. The molecule has 2 rings (SSSR count). The Hall–Kier alpha value is -0.620. The number of benzene rings is 1. The highest BCUT2D eigenvalue weighted by Gasteiger charge is 2.35. The van der Waals surface area contributed by atoms with Crippen LogP contribution < -0.4 is 10.6 Å². The fourth-order valence-corrected chi connectivity index (χ4v) is 2.76. The van der Waals surface area contributed by atoms with E-state index in [4.69, 9.17) is 11.6 Å². The summed E-state index contributed by atoms with van der Waals surface area (Å²) >= 11 is 9.50. The summed E-state index contributed by atoms with van der Waals surface area (Å²) in [7, 11) is 0. The quantitative estimate of drug-likeness (QED) is 0.871. The number of carbonyl (C=O) groups is 1. The lowest BCUT2D eigenvalue weighted by atomic mass is 10.0. The number of nitrogens with zero attached hydrogens (tertiary/aromatic N) is 1. The number of rotatable bonds is 3. The van der Waals surface area contributed by atoms with Crippen LogP contribution in [0.2, 0.25) is 5.02 Å². The largest absolute Gasteiger partial charge is 0.323 e. The molecule has 0 unspecified atom stereocenters. The molecule has 2 N–H and O–H groups in total. The molecule has 1 heterocycles. The number of amides is 1. The average Bonchev–Trinajstić information content (AvgIpc) is 2.43. The van der Waals surface area contributed by atoms with E-state index in [0.29, 0.717) is 10.7 Å². The van der Waals surface area contributed by atoms with E-state index in [-0.39, 0.29) is 5.91 Å². The molecule has 1 aromatic carbocycles. The minimum Gasteiger partial charge on any atom is -0.323 e. The van der Waals surface area contributed by atoms with Gasteiger partial charge in [0.05, 0.1) is 16.2 Å². The van der Waals surface area contributed by atoms with E-state index in [9.17, 15) is 4.79 Å². The minimum atomic E-state index is -0.562. The standard InChI is InChI=1S/C14H19BrClN3O/c1-14(2,19-7-5-17-6-8-19)13(20)18-12-9-10(15)3-4-11(12)16/h3-4,9,17H,5-8H2,1-2H3,(H,18,20). The summed E-state index contributed by atoms with van der Waals surface area (Å²) in [6.07, 6.45) is 0. The SMILES string of the molecule is CC(C)(C(=O)Nc1cc(Br)ccc1Cl)N1CCNCC1. The molecule has 1 aromatic rings. The molecule has 0 aromatic heterocycles. The van der Waals surface area contributed by atoms with Crippen LogP contribution in [0.15, 0.2) is 22.7 Å². The second kappa shape index (κ2) is 6.43. The van der Waals surface area contributed by atoms with Crippen LogP contribution in [0.1, 0.15) is 13.8 Å². The maximum absolute atomic E-state index is 12.5. The highest BCUT2D eigenvalue weighted by molar-refractivity contribution is 9.10. The van der Waals surface area contributed by atoms with Gasteiger partial charge in [-0.15, -0.1) is 0 Å². The summed E-state index contributed by atoms with van der Waals surface area (Å²) in [5, 5.41) is 6.76. The van der Waals surface area contributed by atoms with Crippen molar-refractivity contribution in [2.45, 2.75) is 19.4 Å². The van der Waals surface area contributed by atoms with E-state index in [0.717, 1.165) is 30.7 Å². The first-order chi connectivity index (χ1) is 9.41. The van der Waals surface area contributed by atoms with Gasteiger partial charge >= 0.3 is 0 Å². The van der Waals surface area contributed by atoms with Crippen molar-refractivity contribution in [3.63, 3.8) is 0 Å². The van der Waals surface area contributed by atoms with Crippen molar-refractivity contribution in [1.82, 2.24) is 10.2 Å². The smallest absolute Gasteiger partial charge is 0.244 e. The van der Waals surface area contributed by atoms with Gasteiger partial charge in [-0.1, -0.05) is 27.5 Å². The van der Waals surface area contributed by atoms with Crippen molar-refractivity contribution in [2.24, 2.45) is 0 Å². The summed E-state index contributed by atoms with van der Waals surface area (Å²) in [6.45, 7) is 7.45. The fraction of sp³-hybridized carbons (Fsp3) is 0.500. The van der Waals surface area contributed by atoms with Crippen LogP contribution >= 0.6 is 27.5 Å². The molecule has 0 spiro atoms. The monoisotopic (exact) mass is 359 g/mol. The Bertz CT molecular complexity index is 501. The van der Waals surface area contributed by atoms with Gasteiger partial charge in [0.1, 0.15) is 0 Å². The number of nitrogens with one attached hydrogen (secondary N) is 2. The third-order valence-electron chi connectivity index (χ3n) is 3.64. The second-order valence-corrected chi connectivity index (χ2v) is 6.70. The lowest BCUT2D eigenvalue weighted by Gasteiger charge is -2.39. The second-order valence-electron chi connectivity index (χ2n) is 5.37. The summed E-state index contributed by atoms with van der Waals surface area (Å²) in [5.74, 6) is -0.0422. The Labute approximate surface area is 133 Å². The maximum Gasteiger partial charge on any atom is 0.244 e. The van der Waals surface area contributed by atoms with E-state index >= 15 is 0 Å². The van der Waals surface area contributed by atoms with Crippen molar-refractivity contribution in [1.29, 1.82) is 0 Å². The number of carbonyl (C=O) groups excluding carboxylic acids is 1. The molecule has 0 atom stereocenters. The van der Waals surface area contributed by atoms with Crippen LogP contribution in [0.3, 0.4) is 0 Å². The molecule has 1 saturated heterocycles. The van der Waals surface area contributed by atoms with Gasteiger partial charge in [0.15, 0.2) is 0 Å². The summed E-state index contributed by atoms with van der Waals surface area (Å²) in [6, 6.07) is 5.42. The molecule has 1 aliphatic heterocycles. The van der Waals surface area contributed by atoms with Crippen LogP contribution in [0.5, 0.6) is 0 Å². The molecule has 0 saturated carbocycles. The predicted octanol–water partition coefficient (Wildman–Crippen LogP) is 2.72. The van der Waals surface area contributed by atoms with Gasteiger partial charge in [-0.3, -0.25) is 9.69 Å². The number of anilines is 1. The molecule has 0 aliphatic carbocycles. The van der Waals surface area contributed by atoms with Gasteiger partial charge < -0.3 is 10.6 Å². The topological polar surface area (TPSA) is 44.4 Å². The average molecular weight is 361 g/mol. The Balaban J connectivity index is 2.11. The van der Waals surface area contributed by atoms with Crippen molar-refractivity contribution in [3.05, 3.63) is 27.7 Å². The number of hydrogen-bond acceptors (Lipinski definition) is 3. The Morgan fingerprint density at radius 3 is 2.70 bits per heavy atom. The molecule has 1 aliphatic rings. The third-order valence-corrected chi connectivity index (χ3v) is 4.46. The van der Waals surface area contributed by atoms with Gasteiger partial charge in [0.25, 0.3) is 0 Å². The maximum atomic E-state index is 12.5. The van der Waals surface area contributed by atoms with E-state index in [2.05, 4.69) is 31.5 Å². The van der Waals surface area contributed by atoms with E-state index in [1.165, 1.54) is 0 Å². The van der Waals surface area contributed by atoms with Crippen molar-refractivity contribution in [3.8, 4) is 0 Å². The van der Waals surface area contributed by atoms with Crippen LogP contribution in [0.25, 0.3) is 0 Å². The molecule has 20 heavy (non-hydrogen) atoms. The van der Waals surface area contributed by atoms with Crippen LogP contribution in [-0.4, -0.2) is 42.5 Å². The van der Waals surface area contributed by atoms with E-state index in [1.54, 1.807) is 6.07 Å². The minimum absolute atomic E-state index is 0.0422. The van der Waals surface area contributed by atoms with Crippen LogP contribution in [0.4, 0.5) is 5.69 Å². The summed E-state index contributed by atoms with van der Waals surface area (Å²) in [5.41, 5.74) is 0.0718. The Morgan fingerprint density at radius 1 is 1.40 bits per heavy atom. The fourth-order valence-electron chi connectivity index (χ4n) is 2.24. The first-order valence-corrected chi connectivity index (χ1v) is 7.80. The van der Waals surface area contributed by atoms with Crippen molar-refractivity contribution < 1.29 is 4.79 Å². The highest BCUT2D eigenvalue weighted by atomic mass is 79.9. The van der Waals surface area contributed by atoms with E-state index < -0.39 is 5.54 Å². The lowest BCUT2D eigenvalue weighted by Crippen LogP contribution is -2.58. The lowest BCUT2D eigenvalue weighted by molar-refractivity contribution is -0.126. The number of piperazine rings is 1. The predicted molar refractivity (Wildman–Crippen MR) is 86.3 cm³/mol. The zero-order valence-corrected chi connectivity index (χ0v) is 14.0. The zero-order chi connectivity index (χ0) is 14.8. The first-order valence-electron chi connectivity index (χ1n) is 6.63. The third kappa shape index (κ3) is 3.52. The van der Waals surface area contributed by atoms with Gasteiger partial charge in [-0.05, 0) is 32.0 Å². The molecule has 1 fully saturated rings. The molecule has 4 nitrogen and oxygen atoms in total. The Morgan fingerprint density at radius 2 is 2.05 bits per heavy atom. The Kier molecular flexibility index (Phi) is 5.07. The number of hydrogen-bond donors (Lipinski definition) is 2. The van der Waals surface area contributed by atoms with E-state index in [1.807, 2.05) is 26.0 Å². The molecular weight excluding hydrogens is 342 g/mol. The molecule has 1 amide bonds. The van der Waals surface area contributed by atoms with Gasteiger partial charge in [0.2, 0.25) is 5.91 Å². The van der Waals surface area contributed by atoms with Gasteiger partial charge in [0, 0.05) is 30.7 Å². The molecule has 0 bridgehead atoms. The van der Waals surface area contributed by atoms with Crippen molar-refractivity contribution >= 4 is 39.1 Å². The summed E-state index contributed by atoms with van der Waals surface area (Å²) < 4.78 is 0.886. The molecule has 0 radical (unpaired) electrons. The first kappa shape index (κ1) is 15.8. The van der Waals surface area contributed by atoms with Gasteiger partial charge in [-0.25, -0.2) is 0 Å². The number of halogens is 2. The van der Waals surface area contributed by atoms with Gasteiger partial charge in [-0.2, -0.15) is 0 Å². The molecular formula is C14H19BrClN3O. The molecule has 6 heteroatoms. The summed E-state index contributed by atoms with van der Waals surface area (Å²) in [4.78, 5) is 14.7.